The van der Waals surface area contributed by atoms with Crippen molar-refractivity contribution in [3.63, 3.8) is 0 Å². The Balaban J connectivity index is 2.11. The smallest absolute Gasteiger partial charge is 0.248 e. The average Bonchev–Trinajstić information content (AvgIpc) is 2.39. The third kappa shape index (κ3) is 4.36. The first kappa shape index (κ1) is 14.6. The number of hydrogen-bond donors (Lipinski definition) is 1. The molecule has 0 saturated carbocycles. The van der Waals surface area contributed by atoms with Crippen LogP contribution in [0.15, 0.2) is 58.6 Å². The standard InChI is InChI=1S/C14H12ClN3OS/c1-2-4-12(19)17-10-5-3-6-11(9-10)20-13-7-8-16-14(15)18-13/h2-9H,1H3,(H,17,19)/b4-2+. The van der Waals surface area contributed by atoms with E-state index in [-0.39, 0.29) is 11.2 Å². The number of carbonyl (C=O) groups is 1. The summed E-state index contributed by atoms with van der Waals surface area (Å²) in [6, 6.07) is 9.30. The Morgan fingerprint density at radius 2 is 2.25 bits per heavy atom. The lowest BCUT2D eigenvalue weighted by Crippen LogP contribution is -2.07. The molecule has 20 heavy (non-hydrogen) atoms. The van der Waals surface area contributed by atoms with E-state index < -0.39 is 0 Å². The van der Waals surface area contributed by atoms with Crippen molar-refractivity contribution >= 4 is 35.0 Å². The number of nitrogens with zero attached hydrogens (tertiary/aromatic N) is 2. The van der Waals surface area contributed by atoms with Crippen LogP contribution < -0.4 is 5.32 Å². The first-order valence-electron chi connectivity index (χ1n) is 5.87. The lowest BCUT2D eigenvalue weighted by molar-refractivity contribution is -0.111. The minimum Gasteiger partial charge on any atom is -0.322 e. The monoisotopic (exact) mass is 305 g/mol. The van der Waals surface area contributed by atoms with Gasteiger partial charge < -0.3 is 5.32 Å². The molecule has 0 unspecified atom stereocenters. The van der Waals surface area contributed by atoms with Crippen LogP contribution in [0.5, 0.6) is 0 Å². The number of benzene rings is 1. The Kier molecular flexibility index (Phi) is 5.15. The van der Waals surface area contributed by atoms with Crippen molar-refractivity contribution < 1.29 is 4.79 Å². The predicted molar refractivity (Wildman–Crippen MR) is 81.1 cm³/mol. The molecule has 2 rings (SSSR count). The number of hydrogen-bond acceptors (Lipinski definition) is 4. The molecule has 6 heteroatoms. The Labute approximate surface area is 126 Å². The third-order valence-electron chi connectivity index (χ3n) is 2.24. The Hall–Kier alpha value is -1.85. The highest BCUT2D eigenvalue weighted by Crippen LogP contribution is 2.28. The number of carbonyl (C=O) groups excluding carboxylic acids is 1. The molecule has 1 heterocycles. The molecule has 0 fully saturated rings. The van der Waals surface area contributed by atoms with Gasteiger partial charge in [0, 0.05) is 16.8 Å². The molecular weight excluding hydrogens is 294 g/mol. The third-order valence-corrected chi connectivity index (χ3v) is 3.35. The minimum atomic E-state index is -0.153. The van der Waals surface area contributed by atoms with Gasteiger partial charge in [0.1, 0.15) is 5.03 Å². The van der Waals surface area contributed by atoms with E-state index in [0.29, 0.717) is 0 Å². The summed E-state index contributed by atoms with van der Waals surface area (Å²) in [5.41, 5.74) is 0.734. The number of amides is 1. The molecule has 0 aliphatic rings. The van der Waals surface area contributed by atoms with Gasteiger partial charge in [-0.15, -0.1) is 0 Å². The van der Waals surface area contributed by atoms with Crippen LogP contribution in [0.4, 0.5) is 5.69 Å². The summed E-state index contributed by atoms with van der Waals surface area (Å²) in [6.07, 6.45) is 4.77. The number of nitrogens with one attached hydrogen (secondary N) is 1. The number of allylic oxidation sites excluding steroid dienone is 1. The molecule has 0 saturated heterocycles. The van der Waals surface area contributed by atoms with Crippen molar-refractivity contribution in [2.45, 2.75) is 16.8 Å². The van der Waals surface area contributed by atoms with Gasteiger partial charge in [-0.2, -0.15) is 0 Å². The number of anilines is 1. The minimum absolute atomic E-state index is 0.153. The van der Waals surface area contributed by atoms with Crippen molar-refractivity contribution in [1.82, 2.24) is 9.97 Å². The molecule has 0 spiro atoms. The molecule has 102 valence electrons. The number of halogens is 1. The highest BCUT2D eigenvalue weighted by atomic mass is 35.5. The zero-order chi connectivity index (χ0) is 14.4. The molecule has 1 aromatic carbocycles. The molecule has 0 radical (unpaired) electrons. The molecule has 2 aromatic rings. The second-order valence-electron chi connectivity index (χ2n) is 3.78. The summed E-state index contributed by atoms with van der Waals surface area (Å²) < 4.78 is 0. The zero-order valence-corrected chi connectivity index (χ0v) is 12.3. The van der Waals surface area contributed by atoms with Gasteiger partial charge in [-0.1, -0.05) is 23.9 Å². The zero-order valence-electron chi connectivity index (χ0n) is 10.7. The Morgan fingerprint density at radius 3 is 3.00 bits per heavy atom. The summed E-state index contributed by atoms with van der Waals surface area (Å²) >= 11 is 7.20. The van der Waals surface area contributed by atoms with Gasteiger partial charge in [0.15, 0.2) is 0 Å². The molecule has 0 atom stereocenters. The van der Waals surface area contributed by atoms with Gasteiger partial charge in [0.2, 0.25) is 11.2 Å². The SMILES string of the molecule is C/C=C/C(=O)Nc1cccc(Sc2ccnc(Cl)n2)c1. The summed E-state index contributed by atoms with van der Waals surface area (Å²) in [6.45, 7) is 1.80. The molecule has 0 bridgehead atoms. The van der Waals surface area contributed by atoms with Crippen molar-refractivity contribution in [2.24, 2.45) is 0 Å². The van der Waals surface area contributed by atoms with E-state index in [4.69, 9.17) is 11.6 Å². The van der Waals surface area contributed by atoms with Crippen molar-refractivity contribution in [1.29, 1.82) is 0 Å². The lowest BCUT2D eigenvalue weighted by atomic mass is 10.3. The van der Waals surface area contributed by atoms with Crippen LogP contribution in [-0.4, -0.2) is 15.9 Å². The maximum absolute atomic E-state index is 11.5. The van der Waals surface area contributed by atoms with Crippen LogP contribution in [0, 0.1) is 0 Å². The first-order valence-corrected chi connectivity index (χ1v) is 7.07. The molecule has 1 aromatic heterocycles. The topological polar surface area (TPSA) is 54.9 Å². The van der Waals surface area contributed by atoms with E-state index >= 15 is 0 Å². The fourth-order valence-electron chi connectivity index (χ4n) is 1.47. The normalized spacial score (nSPS) is 10.7. The Bertz CT molecular complexity index is 646. The predicted octanol–water partition coefficient (Wildman–Crippen LogP) is 3.80. The van der Waals surface area contributed by atoms with E-state index in [0.717, 1.165) is 15.6 Å². The van der Waals surface area contributed by atoms with Gasteiger partial charge in [-0.3, -0.25) is 4.79 Å². The van der Waals surface area contributed by atoms with E-state index in [2.05, 4.69) is 15.3 Å². The maximum atomic E-state index is 11.5. The second-order valence-corrected chi connectivity index (χ2v) is 5.21. The fourth-order valence-corrected chi connectivity index (χ4v) is 2.50. The van der Waals surface area contributed by atoms with Crippen molar-refractivity contribution in [3.8, 4) is 0 Å². The van der Waals surface area contributed by atoms with Gasteiger partial charge in [-0.25, -0.2) is 9.97 Å². The molecule has 1 amide bonds. The first-order chi connectivity index (χ1) is 9.67. The van der Waals surface area contributed by atoms with Gasteiger partial charge in [0.05, 0.1) is 0 Å². The summed E-state index contributed by atoms with van der Waals surface area (Å²) in [5.74, 6) is -0.153. The summed E-state index contributed by atoms with van der Waals surface area (Å²) in [7, 11) is 0. The second kappa shape index (κ2) is 7.07. The molecule has 4 nitrogen and oxygen atoms in total. The van der Waals surface area contributed by atoms with Crippen LogP contribution >= 0.6 is 23.4 Å². The molecular formula is C14H12ClN3OS. The number of aromatic nitrogens is 2. The van der Waals surface area contributed by atoms with E-state index in [1.54, 1.807) is 25.3 Å². The molecule has 1 N–H and O–H groups in total. The van der Waals surface area contributed by atoms with Crippen molar-refractivity contribution in [2.75, 3.05) is 5.32 Å². The quantitative estimate of drug-likeness (QED) is 0.530. The summed E-state index contributed by atoms with van der Waals surface area (Å²) in [5, 5.41) is 3.75. The fraction of sp³-hybridized carbons (Fsp3) is 0.0714. The van der Waals surface area contributed by atoms with Crippen LogP contribution in [0.3, 0.4) is 0 Å². The molecule has 0 aliphatic carbocycles. The van der Waals surface area contributed by atoms with Gasteiger partial charge in [0.25, 0.3) is 0 Å². The highest BCUT2D eigenvalue weighted by Gasteiger charge is 2.03. The van der Waals surface area contributed by atoms with Crippen LogP contribution in [0.25, 0.3) is 0 Å². The highest BCUT2D eigenvalue weighted by molar-refractivity contribution is 7.99. The van der Waals surface area contributed by atoms with Crippen molar-refractivity contribution in [3.05, 3.63) is 54.0 Å². The number of rotatable bonds is 4. The van der Waals surface area contributed by atoms with Crippen LogP contribution in [0.1, 0.15) is 6.92 Å². The van der Waals surface area contributed by atoms with E-state index in [1.165, 1.54) is 17.8 Å². The van der Waals surface area contributed by atoms with E-state index in [1.807, 2.05) is 24.3 Å². The van der Waals surface area contributed by atoms with Crippen LogP contribution in [0.2, 0.25) is 5.28 Å². The van der Waals surface area contributed by atoms with Gasteiger partial charge >= 0.3 is 0 Å². The molecule has 0 aliphatic heterocycles. The largest absolute Gasteiger partial charge is 0.322 e. The van der Waals surface area contributed by atoms with Crippen LogP contribution in [-0.2, 0) is 4.79 Å². The van der Waals surface area contributed by atoms with Gasteiger partial charge in [-0.05, 0) is 48.9 Å². The average molecular weight is 306 g/mol. The lowest BCUT2D eigenvalue weighted by Gasteiger charge is -2.05. The van der Waals surface area contributed by atoms with E-state index in [9.17, 15) is 4.79 Å². The summed E-state index contributed by atoms with van der Waals surface area (Å²) in [4.78, 5) is 20.4. The maximum Gasteiger partial charge on any atom is 0.248 e. The Morgan fingerprint density at radius 1 is 1.40 bits per heavy atom.